The van der Waals surface area contributed by atoms with Gasteiger partial charge in [-0.05, 0) is 36.8 Å². The zero-order valence-corrected chi connectivity index (χ0v) is 13.4. The number of aromatic nitrogens is 3. The molecule has 0 atom stereocenters. The summed E-state index contributed by atoms with van der Waals surface area (Å²) in [4.78, 5) is 0. The van der Waals surface area contributed by atoms with Gasteiger partial charge in [-0.15, -0.1) is 0 Å². The maximum atomic E-state index is 6.22. The minimum absolute atomic E-state index is 0.416. The molecule has 0 fully saturated rings. The fraction of sp³-hybridized carbons (Fsp3) is 0.0625. The van der Waals surface area contributed by atoms with Crippen molar-refractivity contribution < 1.29 is 0 Å². The van der Waals surface area contributed by atoms with Crippen LogP contribution in [0.5, 0.6) is 0 Å². The molecule has 0 unspecified atom stereocenters. The number of hydrogen-bond donors (Lipinski definition) is 1. The van der Waals surface area contributed by atoms with Crippen molar-refractivity contribution in [3.63, 3.8) is 0 Å². The Morgan fingerprint density at radius 1 is 1.23 bits per heavy atom. The Hall–Kier alpha value is -2.24. The summed E-state index contributed by atoms with van der Waals surface area (Å²) in [6.45, 7) is 2.04. The number of H-pyrrole nitrogens is 1. The third-order valence-corrected chi connectivity index (χ3v) is 3.72. The van der Waals surface area contributed by atoms with Crippen LogP contribution >= 0.6 is 23.8 Å². The van der Waals surface area contributed by atoms with E-state index in [1.807, 2.05) is 55.5 Å². The molecule has 6 heteroatoms. The van der Waals surface area contributed by atoms with Crippen molar-refractivity contribution in [1.29, 1.82) is 0 Å². The third-order valence-electron chi connectivity index (χ3n) is 3.13. The normalized spacial score (nSPS) is 11.2. The lowest BCUT2D eigenvalue weighted by Crippen LogP contribution is -1.95. The lowest BCUT2D eigenvalue weighted by Gasteiger charge is -2.03. The SMILES string of the molecule is Cc1cccc(/C=N\n2c(-c3ccccc3Cl)n[nH]c2=S)c1. The standard InChI is InChI=1S/C16H13ClN4S/c1-11-5-4-6-12(9-11)10-18-21-15(19-20-16(21)22)13-7-2-3-8-14(13)17/h2-10H,1H3,(H,20,22)/b18-10-. The van der Waals surface area contributed by atoms with Crippen LogP contribution in [-0.2, 0) is 0 Å². The van der Waals surface area contributed by atoms with Gasteiger partial charge in [0.2, 0.25) is 4.77 Å². The smallest absolute Gasteiger partial charge is 0.216 e. The Balaban J connectivity index is 2.04. The van der Waals surface area contributed by atoms with Gasteiger partial charge in [0.1, 0.15) is 0 Å². The molecule has 4 nitrogen and oxygen atoms in total. The van der Waals surface area contributed by atoms with Gasteiger partial charge in [-0.1, -0.05) is 53.6 Å². The molecule has 110 valence electrons. The van der Waals surface area contributed by atoms with Crippen molar-refractivity contribution in [2.75, 3.05) is 0 Å². The van der Waals surface area contributed by atoms with Gasteiger partial charge in [0.05, 0.1) is 11.2 Å². The lowest BCUT2D eigenvalue weighted by atomic mass is 10.2. The molecule has 0 amide bonds. The number of aryl methyl sites for hydroxylation is 1. The number of aromatic amines is 1. The Kier molecular flexibility index (Phi) is 4.18. The zero-order chi connectivity index (χ0) is 15.5. The predicted octanol–water partition coefficient (Wildman–Crippen LogP) is 4.45. The van der Waals surface area contributed by atoms with Crippen molar-refractivity contribution in [3.8, 4) is 11.4 Å². The molecule has 0 aliphatic carbocycles. The van der Waals surface area contributed by atoms with Gasteiger partial charge in [-0.25, -0.2) is 5.10 Å². The van der Waals surface area contributed by atoms with E-state index >= 15 is 0 Å². The highest BCUT2D eigenvalue weighted by molar-refractivity contribution is 7.71. The summed E-state index contributed by atoms with van der Waals surface area (Å²) >= 11 is 11.5. The average Bonchev–Trinajstić information content (AvgIpc) is 2.87. The van der Waals surface area contributed by atoms with Crippen LogP contribution in [0.4, 0.5) is 0 Å². The fourth-order valence-corrected chi connectivity index (χ4v) is 2.49. The van der Waals surface area contributed by atoms with Crippen molar-refractivity contribution in [3.05, 3.63) is 69.5 Å². The first kappa shape index (κ1) is 14.7. The van der Waals surface area contributed by atoms with Crippen LogP contribution < -0.4 is 0 Å². The van der Waals surface area contributed by atoms with Gasteiger partial charge in [0, 0.05) is 5.56 Å². The second-order valence-electron chi connectivity index (χ2n) is 4.80. The molecule has 22 heavy (non-hydrogen) atoms. The molecule has 1 aromatic heterocycles. The van der Waals surface area contributed by atoms with E-state index in [4.69, 9.17) is 23.8 Å². The summed E-state index contributed by atoms with van der Waals surface area (Å²) in [7, 11) is 0. The molecule has 2 aromatic carbocycles. The molecule has 0 bridgehead atoms. The summed E-state index contributed by atoms with van der Waals surface area (Å²) < 4.78 is 1.98. The predicted molar refractivity (Wildman–Crippen MR) is 92.0 cm³/mol. The number of halogens is 1. The van der Waals surface area contributed by atoms with Gasteiger partial charge in [-0.3, -0.25) is 0 Å². The maximum absolute atomic E-state index is 6.22. The first-order valence-corrected chi connectivity index (χ1v) is 7.47. The van der Waals surface area contributed by atoms with E-state index in [2.05, 4.69) is 15.3 Å². The van der Waals surface area contributed by atoms with Crippen LogP contribution in [0.3, 0.4) is 0 Å². The number of hydrogen-bond acceptors (Lipinski definition) is 3. The molecule has 3 rings (SSSR count). The van der Waals surface area contributed by atoms with E-state index in [9.17, 15) is 0 Å². The number of rotatable bonds is 3. The average molecular weight is 329 g/mol. The van der Waals surface area contributed by atoms with Gasteiger partial charge >= 0.3 is 0 Å². The fourth-order valence-electron chi connectivity index (χ4n) is 2.09. The zero-order valence-electron chi connectivity index (χ0n) is 11.8. The summed E-state index contributed by atoms with van der Waals surface area (Å²) in [6.07, 6.45) is 1.75. The van der Waals surface area contributed by atoms with Crippen LogP contribution in [0.25, 0.3) is 11.4 Å². The van der Waals surface area contributed by atoms with Gasteiger partial charge < -0.3 is 0 Å². The molecule has 0 radical (unpaired) electrons. The molecule has 0 saturated carbocycles. The minimum atomic E-state index is 0.416. The van der Waals surface area contributed by atoms with Crippen molar-refractivity contribution in [2.24, 2.45) is 5.10 Å². The van der Waals surface area contributed by atoms with E-state index in [-0.39, 0.29) is 0 Å². The molecule has 0 aliphatic heterocycles. The third kappa shape index (κ3) is 3.00. The van der Waals surface area contributed by atoms with Gasteiger partial charge in [0.15, 0.2) is 5.82 Å². The first-order chi connectivity index (χ1) is 10.6. The molecule has 1 N–H and O–H groups in total. The quantitative estimate of drug-likeness (QED) is 0.570. The molecule has 0 aliphatic rings. The molecular formula is C16H13ClN4S. The van der Waals surface area contributed by atoms with Gasteiger partial charge in [0.25, 0.3) is 0 Å². The van der Waals surface area contributed by atoms with E-state index < -0.39 is 0 Å². The van der Waals surface area contributed by atoms with Crippen LogP contribution in [0.2, 0.25) is 5.02 Å². The number of benzene rings is 2. The summed E-state index contributed by atoms with van der Waals surface area (Å²) in [6, 6.07) is 15.5. The summed E-state index contributed by atoms with van der Waals surface area (Å²) in [5, 5.41) is 12.0. The van der Waals surface area contributed by atoms with Crippen molar-refractivity contribution in [1.82, 2.24) is 14.9 Å². The summed E-state index contributed by atoms with van der Waals surface area (Å²) in [5.74, 6) is 0.583. The molecule has 1 heterocycles. The highest BCUT2D eigenvalue weighted by atomic mass is 35.5. The van der Waals surface area contributed by atoms with Crippen LogP contribution in [-0.4, -0.2) is 21.1 Å². The minimum Gasteiger partial charge on any atom is -0.250 e. The first-order valence-electron chi connectivity index (χ1n) is 6.68. The Bertz CT molecular complexity index is 895. The molecule has 0 saturated heterocycles. The monoisotopic (exact) mass is 328 g/mol. The van der Waals surface area contributed by atoms with Crippen LogP contribution in [0, 0.1) is 11.7 Å². The van der Waals surface area contributed by atoms with Crippen molar-refractivity contribution in [2.45, 2.75) is 6.92 Å². The highest BCUT2D eigenvalue weighted by Crippen LogP contribution is 2.25. The Labute approximate surface area is 138 Å². The topological polar surface area (TPSA) is 46.0 Å². The maximum Gasteiger partial charge on any atom is 0.216 e. The number of nitrogens with one attached hydrogen (secondary N) is 1. The molecular weight excluding hydrogens is 316 g/mol. The summed E-state index contributed by atoms with van der Waals surface area (Å²) in [5.41, 5.74) is 2.94. The highest BCUT2D eigenvalue weighted by Gasteiger charge is 2.10. The largest absolute Gasteiger partial charge is 0.250 e. The van der Waals surface area contributed by atoms with Gasteiger partial charge in [-0.2, -0.15) is 14.9 Å². The molecule has 3 aromatic rings. The Morgan fingerprint density at radius 2 is 2.05 bits per heavy atom. The second kappa shape index (κ2) is 6.25. The van der Waals surface area contributed by atoms with Crippen LogP contribution in [0.15, 0.2) is 53.6 Å². The van der Waals surface area contributed by atoms with Crippen LogP contribution in [0.1, 0.15) is 11.1 Å². The lowest BCUT2D eigenvalue weighted by molar-refractivity contribution is 0.871. The number of nitrogens with zero attached hydrogens (tertiary/aromatic N) is 3. The Morgan fingerprint density at radius 3 is 2.82 bits per heavy atom. The molecule has 0 spiro atoms. The van der Waals surface area contributed by atoms with E-state index in [0.29, 0.717) is 15.6 Å². The van der Waals surface area contributed by atoms with E-state index in [1.165, 1.54) is 5.56 Å². The van der Waals surface area contributed by atoms with Crippen molar-refractivity contribution >= 4 is 30.0 Å². The second-order valence-corrected chi connectivity index (χ2v) is 5.60. The van der Waals surface area contributed by atoms with E-state index in [1.54, 1.807) is 10.9 Å². The van der Waals surface area contributed by atoms with E-state index in [0.717, 1.165) is 11.1 Å².